The Kier molecular flexibility index (Phi) is 3.47. The van der Waals surface area contributed by atoms with E-state index in [1.165, 1.54) is 0 Å². The number of fused-ring (bicyclic) bond motifs is 1. The minimum atomic E-state index is -0.187. The topological polar surface area (TPSA) is 47.8 Å². The van der Waals surface area contributed by atoms with Gasteiger partial charge in [0, 0.05) is 12.1 Å². The molecule has 0 N–H and O–H groups in total. The first kappa shape index (κ1) is 13.8. The van der Waals surface area contributed by atoms with E-state index in [4.69, 9.17) is 11.6 Å². The molecule has 106 valence electrons. The lowest BCUT2D eigenvalue weighted by Crippen LogP contribution is -2.25. The van der Waals surface area contributed by atoms with Gasteiger partial charge in [-0.05, 0) is 24.3 Å². The normalized spacial score (nSPS) is 11.2. The molecule has 0 aliphatic carbocycles. The van der Waals surface area contributed by atoms with Gasteiger partial charge in [0.1, 0.15) is 11.6 Å². The van der Waals surface area contributed by atoms with Crippen molar-refractivity contribution in [2.75, 3.05) is 0 Å². The number of hydrogen-bond acceptors (Lipinski definition) is 3. The fourth-order valence-electron chi connectivity index (χ4n) is 2.30. The van der Waals surface area contributed by atoms with Gasteiger partial charge in [0.2, 0.25) is 0 Å². The molecule has 0 spiro atoms. The predicted molar refractivity (Wildman–Crippen MR) is 84.2 cm³/mol. The molecule has 0 fully saturated rings. The lowest BCUT2D eigenvalue weighted by molar-refractivity contribution is 0.714. The second-order valence-electron chi connectivity index (χ2n) is 5.09. The summed E-state index contributed by atoms with van der Waals surface area (Å²) in [5.41, 5.74) is 0.427. The molecular weight excluding hydrogens is 286 g/mol. The van der Waals surface area contributed by atoms with Crippen LogP contribution in [-0.2, 0) is 0 Å². The summed E-state index contributed by atoms with van der Waals surface area (Å²) in [7, 11) is 0. The molecule has 0 bridgehead atoms. The molecule has 4 nitrogen and oxygen atoms in total. The van der Waals surface area contributed by atoms with E-state index in [0.29, 0.717) is 27.6 Å². The van der Waals surface area contributed by atoms with Gasteiger partial charge < -0.3 is 0 Å². The summed E-state index contributed by atoms with van der Waals surface area (Å²) in [6.45, 7) is 4.00. The molecule has 2 aromatic heterocycles. The zero-order chi connectivity index (χ0) is 15.0. The third-order valence-corrected chi connectivity index (χ3v) is 3.58. The molecule has 3 rings (SSSR count). The Bertz CT molecular complexity index is 857. The van der Waals surface area contributed by atoms with Crippen molar-refractivity contribution in [2.24, 2.45) is 0 Å². The Labute approximate surface area is 127 Å². The third kappa shape index (κ3) is 2.32. The lowest BCUT2D eigenvalue weighted by atomic mass is 10.1. The number of halogens is 1. The Morgan fingerprint density at radius 1 is 1.14 bits per heavy atom. The van der Waals surface area contributed by atoms with Crippen LogP contribution in [0.3, 0.4) is 0 Å². The highest BCUT2D eigenvalue weighted by molar-refractivity contribution is 6.35. The zero-order valence-electron chi connectivity index (χ0n) is 11.7. The molecule has 0 amide bonds. The van der Waals surface area contributed by atoms with Crippen LogP contribution in [0.1, 0.15) is 25.6 Å². The number of rotatable bonds is 2. The molecule has 0 radical (unpaired) electrons. The van der Waals surface area contributed by atoms with E-state index in [0.717, 1.165) is 0 Å². The smallest absolute Gasteiger partial charge is 0.268 e. The van der Waals surface area contributed by atoms with Gasteiger partial charge in [0.05, 0.1) is 15.9 Å². The quantitative estimate of drug-likeness (QED) is 0.727. The largest absolute Gasteiger partial charge is 0.268 e. The maximum Gasteiger partial charge on any atom is 0.268 e. The summed E-state index contributed by atoms with van der Waals surface area (Å²) in [6.07, 6.45) is 1.66. The molecule has 3 aromatic rings. The Morgan fingerprint density at radius 3 is 2.62 bits per heavy atom. The molecule has 0 saturated carbocycles. The van der Waals surface area contributed by atoms with Crippen LogP contribution in [-0.4, -0.2) is 14.5 Å². The molecule has 0 saturated heterocycles. The maximum absolute atomic E-state index is 12.9. The van der Waals surface area contributed by atoms with Crippen LogP contribution in [0, 0.1) is 0 Å². The van der Waals surface area contributed by atoms with Gasteiger partial charge in [0.25, 0.3) is 5.56 Å². The van der Waals surface area contributed by atoms with Crippen molar-refractivity contribution in [1.82, 2.24) is 14.5 Å². The number of nitrogens with zero attached hydrogens (tertiary/aromatic N) is 3. The minimum absolute atomic E-state index is 0.0862. The summed E-state index contributed by atoms with van der Waals surface area (Å²) in [6, 6.07) is 10.7. The molecule has 2 heterocycles. The monoisotopic (exact) mass is 299 g/mol. The Hall–Kier alpha value is -2.20. The number of aromatic nitrogens is 3. The Morgan fingerprint density at radius 2 is 1.95 bits per heavy atom. The van der Waals surface area contributed by atoms with Crippen molar-refractivity contribution in [3.8, 4) is 5.82 Å². The highest BCUT2D eigenvalue weighted by Gasteiger charge is 2.17. The number of benzene rings is 1. The van der Waals surface area contributed by atoms with Crippen LogP contribution >= 0.6 is 11.6 Å². The third-order valence-electron chi connectivity index (χ3n) is 3.27. The second kappa shape index (κ2) is 5.30. The average Bonchev–Trinajstić information content (AvgIpc) is 2.47. The summed E-state index contributed by atoms with van der Waals surface area (Å²) in [5.74, 6) is 1.32. The van der Waals surface area contributed by atoms with E-state index in [-0.39, 0.29) is 11.5 Å². The molecule has 21 heavy (non-hydrogen) atoms. The molecular formula is C16H14ClN3O. The highest BCUT2D eigenvalue weighted by Crippen LogP contribution is 2.22. The fourth-order valence-corrected chi connectivity index (χ4v) is 2.55. The van der Waals surface area contributed by atoms with E-state index in [1.807, 2.05) is 26.0 Å². The van der Waals surface area contributed by atoms with Crippen molar-refractivity contribution < 1.29 is 0 Å². The van der Waals surface area contributed by atoms with E-state index >= 15 is 0 Å². The number of pyridine rings is 1. The summed E-state index contributed by atoms with van der Waals surface area (Å²) < 4.78 is 1.54. The van der Waals surface area contributed by atoms with Crippen LogP contribution in [0.5, 0.6) is 0 Å². The van der Waals surface area contributed by atoms with Crippen molar-refractivity contribution in [2.45, 2.75) is 19.8 Å². The molecule has 0 atom stereocenters. The fraction of sp³-hybridized carbons (Fsp3) is 0.188. The van der Waals surface area contributed by atoms with Crippen LogP contribution < -0.4 is 5.56 Å². The first-order valence-corrected chi connectivity index (χ1v) is 7.10. The minimum Gasteiger partial charge on any atom is -0.268 e. The molecule has 0 aliphatic heterocycles. The van der Waals surface area contributed by atoms with E-state index in [2.05, 4.69) is 9.97 Å². The van der Waals surface area contributed by atoms with Gasteiger partial charge in [0.15, 0.2) is 0 Å². The summed E-state index contributed by atoms with van der Waals surface area (Å²) >= 11 is 6.18. The maximum atomic E-state index is 12.9. The zero-order valence-corrected chi connectivity index (χ0v) is 12.5. The predicted octanol–water partition coefficient (Wildman–Crippen LogP) is 3.56. The van der Waals surface area contributed by atoms with Crippen LogP contribution in [0.15, 0.2) is 47.4 Å². The van der Waals surface area contributed by atoms with E-state index in [1.54, 1.807) is 35.0 Å². The van der Waals surface area contributed by atoms with E-state index < -0.39 is 0 Å². The number of hydrogen-bond donors (Lipinski definition) is 0. The molecule has 1 aromatic carbocycles. The lowest BCUT2D eigenvalue weighted by Gasteiger charge is -2.15. The van der Waals surface area contributed by atoms with Gasteiger partial charge in [-0.2, -0.15) is 0 Å². The summed E-state index contributed by atoms with van der Waals surface area (Å²) in [5, 5.41) is 0.833. The first-order valence-electron chi connectivity index (χ1n) is 6.72. The van der Waals surface area contributed by atoms with Gasteiger partial charge >= 0.3 is 0 Å². The highest BCUT2D eigenvalue weighted by atomic mass is 35.5. The van der Waals surface area contributed by atoms with Crippen LogP contribution in [0.2, 0.25) is 5.02 Å². The van der Waals surface area contributed by atoms with Gasteiger partial charge in [-0.3, -0.25) is 4.79 Å². The van der Waals surface area contributed by atoms with Gasteiger partial charge in [-0.15, -0.1) is 0 Å². The standard InChI is InChI=1S/C16H14ClN3O/c1-10(2)15-19-12-7-5-6-11(17)14(12)16(21)20(15)13-8-3-4-9-18-13/h3-10H,1-2H3. The molecule has 5 heteroatoms. The summed E-state index contributed by atoms with van der Waals surface area (Å²) in [4.78, 5) is 21.8. The van der Waals surface area contributed by atoms with Crippen LogP contribution in [0.4, 0.5) is 0 Å². The first-order chi connectivity index (χ1) is 10.1. The van der Waals surface area contributed by atoms with Crippen molar-refractivity contribution >= 4 is 22.5 Å². The molecule has 0 unspecified atom stereocenters. The van der Waals surface area contributed by atoms with Crippen molar-refractivity contribution in [3.05, 3.63) is 63.8 Å². The van der Waals surface area contributed by atoms with E-state index in [9.17, 15) is 4.79 Å². The Balaban J connectivity index is 2.47. The van der Waals surface area contributed by atoms with Gasteiger partial charge in [-0.25, -0.2) is 14.5 Å². The van der Waals surface area contributed by atoms with Crippen LogP contribution in [0.25, 0.3) is 16.7 Å². The second-order valence-corrected chi connectivity index (χ2v) is 5.49. The SMILES string of the molecule is CC(C)c1nc2cccc(Cl)c2c(=O)n1-c1ccccn1. The van der Waals surface area contributed by atoms with Crippen molar-refractivity contribution in [3.63, 3.8) is 0 Å². The molecule has 0 aliphatic rings. The van der Waals surface area contributed by atoms with Crippen molar-refractivity contribution in [1.29, 1.82) is 0 Å². The van der Waals surface area contributed by atoms with Gasteiger partial charge in [-0.1, -0.05) is 37.6 Å². The average molecular weight is 300 g/mol.